The van der Waals surface area contributed by atoms with Gasteiger partial charge in [0.1, 0.15) is 0 Å². The summed E-state index contributed by atoms with van der Waals surface area (Å²) in [6.07, 6.45) is 6.73. The van der Waals surface area contributed by atoms with Crippen LogP contribution in [-0.2, 0) is 4.79 Å². The van der Waals surface area contributed by atoms with E-state index in [1.165, 1.54) is 12.8 Å². The average Bonchev–Trinajstić information content (AvgIpc) is 2.31. The van der Waals surface area contributed by atoms with Gasteiger partial charge in [-0.3, -0.25) is 4.79 Å². The van der Waals surface area contributed by atoms with Crippen LogP contribution in [-0.4, -0.2) is 31.6 Å². The summed E-state index contributed by atoms with van der Waals surface area (Å²) >= 11 is 0. The molecule has 0 aliphatic heterocycles. The predicted octanol–water partition coefficient (Wildman–Crippen LogP) is 1.01. The molecule has 0 aromatic carbocycles. The van der Waals surface area contributed by atoms with Gasteiger partial charge in [0.15, 0.2) is 0 Å². The van der Waals surface area contributed by atoms with Crippen LogP contribution in [0.2, 0.25) is 0 Å². The van der Waals surface area contributed by atoms with Gasteiger partial charge in [-0.2, -0.15) is 0 Å². The second-order valence-corrected chi connectivity index (χ2v) is 5.20. The molecule has 0 bridgehead atoms. The van der Waals surface area contributed by atoms with E-state index in [9.17, 15) is 4.79 Å². The van der Waals surface area contributed by atoms with Crippen LogP contribution in [0.1, 0.15) is 45.4 Å². The molecule has 3 atom stereocenters. The third-order valence-electron chi connectivity index (χ3n) is 3.73. The van der Waals surface area contributed by atoms with Crippen molar-refractivity contribution in [1.82, 2.24) is 10.6 Å². The predicted molar refractivity (Wildman–Crippen MR) is 70.7 cm³/mol. The topological polar surface area (TPSA) is 67.1 Å². The highest BCUT2D eigenvalue weighted by atomic mass is 16.1. The monoisotopic (exact) mass is 241 g/mol. The lowest BCUT2D eigenvalue weighted by Crippen LogP contribution is -2.45. The second-order valence-electron chi connectivity index (χ2n) is 5.20. The first-order chi connectivity index (χ1) is 8.15. The zero-order valence-electron chi connectivity index (χ0n) is 11.2. The minimum absolute atomic E-state index is 0.0133. The van der Waals surface area contributed by atoms with Crippen LogP contribution < -0.4 is 16.4 Å². The van der Waals surface area contributed by atoms with Crippen molar-refractivity contribution in [2.45, 2.75) is 57.5 Å². The second kappa shape index (κ2) is 7.67. The summed E-state index contributed by atoms with van der Waals surface area (Å²) in [6, 6.07) is 0.351. The number of carbonyl (C=O) groups excluding carboxylic acids is 1. The Kier molecular flexibility index (Phi) is 6.52. The van der Waals surface area contributed by atoms with E-state index in [1.54, 1.807) is 0 Å². The molecule has 100 valence electrons. The first-order valence-corrected chi connectivity index (χ1v) is 6.85. The Hall–Kier alpha value is -0.610. The fourth-order valence-electron chi connectivity index (χ4n) is 2.33. The average molecular weight is 241 g/mol. The molecule has 1 aliphatic rings. The van der Waals surface area contributed by atoms with E-state index >= 15 is 0 Å². The lowest BCUT2D eigenvalue weighted by atomic mass is 9.86. The molecule has 0 heterocycles. The van der Waals surface area contributed by atoms with Gasteiger partial charge in [-0.1, -0.05) is 25.7 Å². The standard InChI is InChI=1S/C13H27N3O/c1-10(15-2)9-16-13(17)11-7-5-3-4-6-8-12(11)14/h10-12,15H,3-9,14H2,1-2H3,(H,16,17). The molecule has 1 aliphatic carbocycles. The third kappa shape index (κ3) is 5.04. The Balaban J connectivity index is 2.41. The highest BCUT2D eigenvalue weighted by Crippen LogP contribution is 2.21. The molecule has 0 spiro atoms. The molecule has 1 amide bonds. The van der Waals surface area contributed by atoms with E-state index in [0.29, 0.717) is 12.6 Å². The van der Waals surface area contributed by atoms with Crippen LogP contribution in [0.15, 0.2) is 0 Å². The number of rotatable bonds is 4. The zero-order valence-corrected chi connectivity index (χ0v) is 11.2. The fraction of sp³-hybridized carbons (Fsp3) is 0.923. The molecule has 0 saturated heterocycles. The molecule has 0 radical (unpaired) electrons. The maximum absolute atomic E-state index is 12.1. The summed E-state index contributed by atoms with van der Waals surface area (Å²) in [5.41, 5.74) is 6.11. The van der Waals surface area contributed by atoms with Gasteiger partial charge in [0.2, 0.25) is 5.91 Å². The smallest absolute Gasteiger partial charge is 0.224 e. The van der Waals surface area contributed by atoms with E-state index in [1.807, 2.05) is 7.05 Å². The van der Waals surface area contributed by atoms with Crippen molar-refractivity contribution in [3.05, 3.63) is 0 Å². The normalized spacial score (nSPS) is 27.9. The number of hydrogen-bond donors (Lipinski definition) is 3. The molecule has 1 rings (SSSR count). The van der Waals surface area contributed by atoms with Crippen LogP contribution in [0.3, 0.4) is 0 Å². The van der Waals surface area contributed by atoms with Crippen molar-refractivity contribution in [3.8, 4) is 0 Å². The molecule has 17 heavy (non-hydrogen) atoms. The van der Waals surface area contributed by atoms with Gasteiger partial charge in [0, 0.05) is 18.6 Å². The van der Waals surface area contributed by atoms with Crippen LogP contribution in [0.4, 0.5) is 0 Å². The first kappa shape index (κ1) is 14.5. The molecule has 1 saturated carbocycles. The number of nitrogens with two attached hydrogens (primary N) is 1. The number of hydrogen-bond acceptors (Lipinski definition) is 3. The molecule has 4 nitrogen and oxygen atoms in total. The summed E-state index contributed by atoms with van der Waals surface area (Å²) < 4.78 is 0. The summed E-state index contributed by atoms with van der Waals surface area (Å²) in [7, 11) is 1.90. The van der Waals surface area contributed by atoms with Gasteiger partial charge < -0.3 is 16.4 Å². The minimum atomic E-state index is 0.0133. The molecule has 3 unspecified atom stereocenters. The minimum Gasteiger partial charge on any atom is -0.354 e. The number of likely N-dealkylation sites (N-methyl/N-ethyl adjacent to an activating group) is 1. The largest absolute Gasteiger partial charge is 0.354 e. The SMILES string of the molecule is CNC(C)CNC(=O)C1CCCCCCC1N. The van der Waals surface area contributed by atoms with E-state index in [4.69, 9.17) is 5.73 Å². The molecule has 4 N–H and O–H groups in total. The van der Waals surface area contributed by atoms with Gasteiger partial charge >= 0.3 is 0 Å². The Morgan fingerprint density at radius 3 is 2.59 bits per heavy atom. The highest BCUT2D eigenvalue weighted by Gasteiger charge is 2.26. The molecule has 4 heteroatoms. The highest BCUT2D eigenvalue weighted by molar-refractivity contribution is 5.79. The van der Waals surface area contributed by atoms with Crippen LogP contribution in [0.5, 0.6) is 0 Å². The fourth-order valence-corrected chi connectivity index (χ4v) is 2.33. The maximum Gasteiger partial charge on any atom is 0.224 e. The molecule has 0 aromatic rings. The molecule has 1 fully saturated rings. The quantitative estimate of drug-likeness (QED) is 0.688. The molecular weight excluding hydrogens is 214 g/mol. The third-order valence-corrected chi connectivity index (χ3v) is 3.73. The summed E-state index contributed by atoms with van der Waals surface area (Å²) in [6.45, 7) is 2.73. The van der Waals surface area contributed by atoms with Crippen molar-refractivity contribution >= 4 is 5.91 Å². The lowest BCUT2D eigenvalue weighted by molar-refractivity contribution is -0.126. The van der Waals surface area contributed by atoms with E-state index < -0.39 is 0 Å². The number of carbonyl (C=O) groups is 1. The van der Waals surface area contributed by atoms with Crippen LogP contribution in [0.25, 0.3) is 0 Å². The Labute approximate surface area is 105 Å². The van der Waals surface area contributed by atoms with Gasteiger partial charge in [0.05, 0.1) is 5.92 Å². The summed E-state index contributed by atoms with van der Waals surface area (Å²) in [5.74, 6) is 0.154. The van der Waals surface area contributed by atoms with Crippen LogP contribution >= 0.6 is 0 Å². The summed E-state index contributed by atoms with van der Waals surface area (Å²) in [5, 5.41) is 6.11. The Morgan fingerprint density at radius 2 is 1.94 bits per heavy atom. The van der Waals surface area contributed by atoms with E-state index in [2.05, 4.69) is 17.6 Å². The van der Waals surface area contributed by atoms with Crippen molar-refractivity contribution in [3.63, 3.8) is 0 Å². The number of nitrogens with one attached hydrogen (secondary N) is 2. The summed E-state index contributed by atoms with van der Waals surface area (Å²) in [4.78, 5) is 12.1. The molecule has 0 aromatic heterocycles. The Morgan fingerprint density at radius 1 is 1.29 bits per heavy atom. The van der Waals surface area contributed by atoms with E-state index in [-0.39, 0.29) is 17.9 Å². The molecular formula is C13H27N3O. The zero-order chi connectivity index (χ0) is 12.7. The van der Waals surface area contributed by atoms with E-state index in [0.717, 1.165) is 25.7 Å². The van der Waals surface area contributed by atoms with Gasteiger partial charge in [-0.25, -0.2) is 0 Å². The number of amides is 1. The van der Waals surface area contributed by atoms with Gasteiger partial charge in [-0.15, -0.1) is 0 Å². The van der Waals surface area contributed by atoms with Crippen molar-refractivity contribution in [2.24, 2.45) is 11.7 Å². The van der Waals surface area contributed by atoms with Crippen LogP contribution in [0, 0.1) is 5.92 Å². The first-order valence-electron chi connectivity index (χ1n) is 6.85. The van der Waals surface area contributed by atoms with Crippen molar-refractivity contribution in [2.75, 3.05) is 13.6 Å². The van der Waals surface area contributed by atoms with Crippen molar-refractivity contribution in [1.29, 1.82) is 0 Å². The van der Waals surface area contributed by atoms with Crippen molar-refractivity contribution < 1.29 is 4.79 Å². The van der Waals surface area contributed by atoms with Gasteiger partial charge in [-0.05, 0) is 26.8 Å². The van der Waals surface area contributed by atoms with Gasteiger partial charge in [0.25, 0.3) is 0 Å². The lowest BCUT2D eigenvalue weighted by Gasteiger charge is -2.26. The maximum atomic E-state index is 12.1. The Bertz CT molecular complexity index is 233.